The molecular weight excluding hydrogens is 1100 g/mol. The lowest BCUT2D eigenvalue weighted by Crippen LogP contribution is -2.76. The van der Waals surface area contributed by atoms with Crippen LogP contribution in [0.1, 0.15) is 45.2 Å². The predicted molar refractivity (Wildman–Crippen MR) is 369 cm³/mol. The quantitative estimate of drug-likeness (QED) is 0.0853. The van der Waals surface area contributed by atoms with Crippen LogP contribution >= 0.6 is 0 Å². The highest BCUT2D eigenvalue weighted by atomic mass is 28.3. The Morgan fingerprint density at radius 2 is 0.568 bits per heavy atom. The molecule has 0 aliphatic heterocycles. The van der Waals surface area contributed by atoms with Gasteiger partial charge in [-0.3, -0.25) is 0 Å². The fourth-order valence-corrected chi connectivity index (χ4v) is 24.3. The fraction of sp³-hybridized carbons (Fsp3) is 0.0241. The van der Waals surface area contributed by atoms with E-state index < -0.39 is 16.1 Å². The van der Waals surface area contributed by atoms with Crippen LogP contribution in [-0.4, -0.2) is 31.1 Å². The molecule has 88 heavy (non-hydrogen) atoms. The lowest BCUT2D eigenvalue weighted by molar-refractivity contribution is 0.760. The number of rotatable bonds is 13. The van der Waals surface area contributed by atoms with Gasteiger partial charge >= 0.3 is 0 Å². The van der Waals surface area contributed by atoms with Crippen LogP contribution in [0.25, 0.3) is 56.2 Å². The number of nitrogens with zero attached hydrogens (tertiary/aromatic N) is 3. The number of hydrogen-bond donors (Lipinski definition) is 0. The zero-order valence-electron chi connectivity index (χ0n) is 48.4. The first-order chi connectivity index (χ1) is 43.7. The Morgan fingerprint density at radius 1 is 0.216 bits per heavy atom. The third-order valence-electron chi connectivity index (χ3n) is 18.5. The summed E-state index contributed by atoms with van der Waals surface area (Å²) in [6.07, 6.45) is 0. The van der Waals surface area contributed by atoms with Gasteiger partial charge < -0.3 is 0 Å². The van der Waals surface area contributed by atoms with Gasteiger partial charge in [0.1, 0.15) is 5.45 Å². The molecule has 0 saturated carbocycles. The molecule has 13 aromatic carbocycles. The number of benzene rings is 13. The van der Waals surface area contributed by atoms with Crippen LogP contribution < -0.4 is 41.8 Å². The van der Waals surface area contributed by atoms with Gasteiger partial charge in [-0.25, -0.2) is 15.0 Å². The number of hydrogen-bond acceptors (Lipinski definition) is 3. The van der Waals surface area contributed by atoms with Crippen LogP contribution in [0, 0.1) is 0 Å². The Balaban J connectivity index is 0.935. The monoisotopic (exact) mass is 1150 g/mol. The summed E-state index contributed by atoms with van der Waals surface area (Å²) in [5.74, 6) is 1.21. The SMILES string of the molecule is c1ccc(-c2cc(-c3ccccc3)cc([Si](c3ccccc3)(c3ccccc3)c3cccc4c3C3c5ccccc5C4c4cccc(-c5cccc(-c6nc(-c7ccccc7)nc([Si](c7ccccc7)(c7ccccc7)c7ccccc7)n6)c5)c43)c2)cc1. The largest absolute Gasteiger partial charge is 0.226 e. The van der Waals surface area contributed by atoms with Crippen LogP contribution in [0.5, 0.6) is 0 Å². The molecule has 1 aromatic heterocycles. The normalized spacial score (nSPS) is 13.9. The van der Waals surface area contributed by atoms with Crippen LogP contribution in [0.3, 0.4) is 0 Å². The minimum absolute atomic E-state index is 0.00891. The molecule has 14 aromatic rings. The maximum absolute atomic E-state index is 5.77. The second-order valence-electron chi connectivity index (χ2n) is 23.2. The average molecular weight is 1150 g/mol. The maximum atomic E-state index is 5.77. The van der Waals surface area contributed by atoms with Crippen molar-refractivity contribution in [1.29, 1.82) is 0 Å². The summed E-state index contributed by atoms with van der Waals surface area (Å²) in [7, 11) is -6.48. The van der Waals surface area contributed by atoms with Gasteiger partial charge in [0, 0.05) is 23.0 Å². The Bertz CT molecular complexity index is 4640. The van der Waals surface area contributed by atoms with Gasteiger partial charge in [-0.2, -0.15) is 0 Å². The lowest BCUT2D eigenvalue weighted by atomic mass is 9.60. The molecule has 0 spiro atoms. The van der Waals surface area contributed by atoms with E-state index in [4.69, 9.17) is 15.0 Å². The Kier molecular flexibility index (Phi) is 13.4. The van der Waals surface area contributed by atoms with Crippen molar-refractivity contribution in [1.82, 2.24) is 15.0 Å². The first kappa shape index (κ1) is 52.8. The number of aromatic nitrogens is 3. The van der Waals surface area contributed by atoms with E-state index in [0.717, 1.165) is 22.1 Å². The summed E-state index contributed by atoms with van der Waals surface area (Å²) in [4.78, 5) is 16.9. The topological polar surface area (TPSA) is 38.7 Å². The van der Waals surface area contributed by atoms with E-state index in [-0.39, 0.29) is 11.8 Å². The van der Waals surface area contributed by atoms with E-state index in [1.54, 1.807) is 0 Å². The van der Waals surface area contributed by atoms with Gasteiger partial charge in [-0.1, -0.05) is 334 Å². The van der Waals surface area contributed by atoms with Crippen molar-refractivity contribution in [2.75, 3.05) is 0 Å². The first-order valence-electron chi connectivity index (χ1n) is 30.5. The smallest absolute Gasteiger partial charge is 0.217 e. The Morgan fingerprint density at radius 3 is 1.07 bits per heavy atom. The van der Waals surface area contributed by atoms with Crippen molar-refractivity contribution in [3.8, 4) is 56.2 Å². The van der Waals surface area contributed by atoms with Gasteiger partial charge in [-0.05, 0) is 115 Å². The highest BCUT2D eigenvalue weighted by Crippen LogP contribution is 2.57. The molecule has 0 N–H and O–H groups in total. The first-order valence-corrected chi connectivity index (χ1v) is 34.5. The summed E-state index contributed by atoms with van der Waals surface area (Å²) in [6, 6.07) is 128. The van der Waals surface area contributed by atoms with E-state index in [1.165, 1.54) is 97.5 Å². The standard InChI is InChI=1S/C83H59N3Si2/c1-9-30-58(31-10-1)63-55-64(59-32-11-2-12-33-59)57-70(56-63)87(65-38-15-4-16-39-65,66-40-17-5-18-41-66)76-53-29-52-75-77-72-48-25-26-49-73(72)80(79(75)76)78-71(50-28-51-74(77)78)61-36-27-37-62(54-61)82-84-81(60-34-13-3-14-35-60)85-83(86-82)88(67-42-19-6-20-43-67,68-44-21-7-22-45-68)69-46-23-8-24-47-69/h1-57,77,80H. The highest BCUT2D eigenvalue weighted by Gasteiger charge is 2.50. The van der Waals surface area contributed by atoms with E-state index in [9.17, 15) is 0 Å². The molecule has 5 heteroatoms. The molecule has 0 fully saturated rings. The third-order valence-corrected chi connectivity index (χ3v) is 27.8. The summed E-state index contributed by atoms with van der Waals surface area (Å²) in [5.41, 5.74) is 18.1. The van der Waals surface area contributed by atoms with E-state index in [1.807, 2.05) is 0 Å². The molecule has 3 aliphatic rings. The molecule has 414 valence electrons. The summed E-state index contributed by atoms with van der Waals surface area (Å²) in [6.45, 7) is 0. The van der Waals surface area contributed by atoms with Crippen molar-refractivity contribution < 1.29 is 0 Å². The van der Waals surface area contributed by atoms with Crippen LogP contribution in [-0.2, 0) is 0 Å². The zero-order valence-corrected chi connectivity index (χ0v) is 50.4. The molecule has 17 rings (SSSR count). The predicted octanol–water partition coefficient (Wildman–Crippen LogP) is 13.9. The summed E-state index contributed by atoms with van der Waals surface area (Å²) < 4.78 is 0. The van der Waals surface area contributed by atoms with Crippen LogP contribution in [0.15, 0.2) is 346 Å². The molecular formula is C83H59N3Si2. The third kappa shape index (κ3) is 8.72. The van der Waals surface area contributed by atoms with Gasteiger partial charge in [0.15, 0.2) is 19.7 Å². The van der Waals surface area contributed by atoms with Crippen molar-refractivity contribution in [3.05, 3.63) is 379 Å². The van der Waals surface area contributed by atoms with Gasteiger partial charge in [-0.15, -0.1) is 0 Å². The van der Waals surface area contributed by atoms with Crippen LogP contribution in [0.2, 0.25) is 0 Å². The second kappa shape index (κ2) is 22.3. The molecule has 1 heterocycles. The van der Waals surface area contributed by atoms with E-state index >= 15 is 0 Å². The molecule has 3 aliphatic carbocycles. The van der Waals surface area contributed by atoms with Crippen molar-refractivity contribution >= 4 is 57.9 Å². The zero-order chi connectivity index (χ0) is 58.4. The van der Waals surface area contributed by atoms with Crippen molar-refractivity contribution in [2.45, 2.75) is 11.8 Å². The van der Waals surface area contributed by atoms with Gasteiger partial charge in [0.25, 0.3) is 0 Å². The molecule has 2 atom stereocenters. The van der Waals surface area contributed by atoms with Crippen LogP contribution in [0.4, 0.5) is 0 Å². The average Bonchev–Trinajstić information content (AvgIpc) is 0.753. The van der Waals surface area contributed by atoms with E-state index in [0.29, 0.717) is 11.6 Å². The van der Waals surface area contributed by atoms with Crippen molar-refractivity contribution in [2.24, 2.45) is 0 Å². The maximum Gasteiger partial charge on any atom is 0.226 e. The second-order valence-corrected chi connectivity index (χ2v) is 30.7. The van der Waals surface area contributed by atoms with E-state index in [2.05, 4.69) is 346 Å². The van der Waals surface area contributed by atoms with Gasteiger partial charge in [0.2, 0.25) is 8.07 Å². The molecule has 0 amide bonds. The highest BCUT2D eigenvalue weighted by molar-refractivity contribution is 7.20. The minimum atomic E-state index is -3.28. The fourth-order valence-electron chi connectivity index (χ4n) is 14.8. The Hall–Kier alpha value is -10.7. The summed E-state index contributed by atoms with van der Waals surface area (Å²) >= 11 is 0. The Labute approximate surface area is 516 Å². The molecule has 0 radical (unpaired) electrons. The minimum Gasteiger partial charge on any atom is -0.217 e. The molecule has 2 bridgehead atoms. The molecule has 3 nitrogen and oxygen atoms in total. The summed E-state index contributed by atoms with van der Waals surface area (Å²) in [5, 5.41) is 9.07. The van der Waals surface area contributed by atoms with Crippen molar-refractivity contribution in [3.63, 3.8) is 0 Å². The molecule has 2 unspecified atom stereocenters. The molecule has 0 saturated heterocycles. The lowest BCUT2D eigenvalue weighted by Gasteiger charge is -2.47. The van der Waals surface area contributed by atoms with Gasteiger partial charge in [0.05, 0.1) is 0 Å².